The number of rotatable bonds is 7. The summed E-state index contributed by atoms with van der Waals surface area (Å²) in [5, 5.41) is 3.47. The van der Waals surface area contributed by atoms with Gasteiger partial charge in [0.15, 0.2) is 0 Å². The first-order valence-electron chi connectivity index (χ1n) is 6.68. The molecule has 16 heavy (non-hydrogen) atoms. The molecule has 1 fully saturated rings. The molecule has 0 aromatic rings. The van der Waals surface area contributed by atoms with Crippen LogP contribution in [0.25, 0.3) is 0 Å². The van der Waals surface area contributed by atoms with Crippen LogP contribution in [-0.2, 0) is 0 Å². The Balaban J connectivity index is 1.98. The van der Waals surface area contributed by atoms with Crippen molar-refractivity contribution in [1.29, 1.82) is 0 Å². The number of hydrogen-bond acceptors (Lipinski definition) is 3. The van der Waals surface area contributed by atoms with Crippen LogP contribution in [0.4, 0.5) is 0 Å². The molecule has 96 valence electrons. The Labute approximate surface area is 106 Å². The summed E-state index contributed by atoms with van der Waals surface area (Å²) in [5.74, 6) is 3.79. The minimum Gasteiger partial charge on any atom is -0.313 e. The zero-order chi connectivity index (χ0) is 11.8. The Morgan fingerprint density at radius 1 is 1.25 bits per heavy atom. The lowest BCUT2D eigenvalue weighted by Gasteiger charge is -2.24. The number of nitrogens with one attached hydrogen (secondary N) is 1. The van der Waals surface area contributed by atoms with Crippen LogP contribution in [0.2, 0.25) is 0 Å². The van der Waals surface area contributed by atoms with Crippen molar-refractivity contribution < 1.29 is 0 Å². The second kappa shape index (κ2) is 8.37. The van der Waals surface area contributed by atoms with Crippen LogP contribution >= 0.6 is 11.8 Å². The molecule has 0 aromatic carbocycles. The van der Waals surface area contributed by atoms with Crippen molar-refractivity contribution in [2.24, 2.45) is 5.92 Å². The zero-order valence-electron chi connectivity index (χ0n) is 11.2. The predicted octanol–water partition coefficient (Wildman–Crippen LogP) is 2.45. The molecule has 0 spiro atoms. The maximum atomic E-state index is 3.47. The van der Waals surface area contributed by atoms with E-state index in [1.807, 2.05) is 0 Å². The van der Waals surface area contributed by atoms with Crippen LogP contribution in [0.5, 0.6) is 0 Å². The summed E-state index contributed by atoms with van der Waals surface area (Å²) in [6.45, 7) is 7.99. The molecule has 0 radical (unpaired) electrons. The highest BCUT2D eigenvalue weighted by molar-refractivity contribution is 7.99. The first-order valence-corrected chi connectivity index (χ1v) is 7.83. The minimum absolute atomic E-state index is 0.615. The van der Waals surface area contributed by atoms with Crippen LogP contribution in [0.3, 0.4) is 0 Å². The Hall–Kier alpha value is 0.270. The fraction of sp³-hybridized carbons (Fsp3) is 1.00. The van der Waals surface area contributed by atoms with Crippen LogP contribution in [0.15, 0.2) is 0 Å². The van der Waals surface area contributed by atoms with E-state index in [0.717, 1.165) is 12.5 Å². The first-order chi connectivity index (χ1) is 7.68. The molecule has 0 saturated carbocycles. The van der Waals surface area contributed by atoms with Crippen LogP contribution < -0.4 is 5.32 Å². The van der Waals surface area contributed by atoms with E-state index in [-0.39, 0.29) is 0 Å². The smallest absolute Gasteiger partial charge is 0.0104 e. The van der Waals surface area contributed by atoms with Crippen molar-refractivity contribution in [2.45, 2.75) is 39.2 Å². The normalized spacial score (nSPS) is 18.6. The lowest BCUT2D eigenvalue weighted by molar-refractivity contribution is 0.289. The summed E-state index contributed by atoms with van der Waals surface area (Å²) in [6.07, 6.45) is 4.30. The highest BCUT2D eigenvalue weighted by Gasteiger charge is 2.13. The molecule has 1 N–H and O–H groups in total. The molecule has 0 unspecified atom stereocenters. The fourth-order valence-electron chi connectivity index (χ4n) is 2.09. The van der Waals surface area contributed by atoms with E-state index < -0.39 is 0 Å². The standard InChI is InChI=1S/C13H28N2S/c1-12(2)14-7-9-15(3)8-4-13-5-10-16-11-6-13/h12-14H,4-11H2,1-3H3. The summed E-state index contributed by atoms with van der Waals surface area (Å²) in [6, 6.07) is 0.615. The SMILES string of the molecule is CC(C)NCCN(C)CCC1CCSCC1. The van der Waals surface area contributed by atoms with Gasteiger partial charge in [-0.05, 0) is 50.3 Å². The first kappa shape index (κ1) is 14.3. The number of nitrogens with zero attached hydrogens (tertiary/aromatic N) is 1. The molecular formula is C13H28N2S. The number of thioether (sulfide) groups is 1. The summed E-state index contributed by atoms with van der Waals surface area (Å²) >= 11 is 2.13. The Morgan fingerprint density at radius 3 is 2.56 bits per heavy atom. The van der Waals surface area contributed by atoms with Gasteiger partial charge in [0, 0.05) is 19.1 Å². The molecule has 1 aliphatic heterocycles. The van der Waals surface area contributed by atoms with Crippen LogP contribution in [0.1, 0.15) is 33.1 Å². The number of hydrogen-bond donors (Lipinski definition) is 1. The molecule has 2 nitrogen and oxygen atoms in total. The summed E-state index contributed by atoms with van der Waals surface area (Å²) in [4.78, 5) is 2.47. The third-order valence-electron chi connectivity index (χ3n) is 3.31. The van der Waals surface area contributed by atoms with Crippen LogP contribution in [-0.4, -0.2) is 49.1 Å². The van der Waals surface area contributed by atoms with Crippen molar-refractivity contribution in [3.05, 3.63) is 0 Å². The monoisotopic (exact) mass is 244 g/mol. The molecule has 1 heterocycles. The van der Waals surface area contributed by atoms with Gasteiger partial charge < -0.3 is 10.2 Å². The molecule has 3 heteroatoms. The van der Waals surface area contributed by atoms with Gasteiger partial charge in [0.25, 0.3) is 0 Å². The molecule has 0 atom stereocenters. The lowest BCUT2D eigenvalue weighted by atomic mass is 9.99. The maximum Gasteiger partial charge on any atom is 0.0104 e. The predicted molar refractivity (Wildman–Crippen MR) is 75.3 cm³/mol. The lowest BCUT2D eigenvalue weighted by Crippen LogP contribution is -2.33. The summed E-state index contributed by atoms with van der Waals surface area (Å²) in [7, 11) is 2.25. The number of likely N-dealkylation sites (N-methyl/N-ethyl adjacent to an activating group) is 1. The van der Waals surface area contributed by atoms with Gasteiger partial charge in [0.1, 0.15) is 0 Å². The van der Waals surface area contributed by atoms with Gasteiger partial charge in [-0.1, -0.05) is 13.8 Å². The molecule has 1 saturated heterocycles. The largest absolute Gasteiger partial charge is 0.313 e. The van der Waals surface area contributed by atoms with E-state index in [1.165, 1.54) is 43.9 Å². The molecule has 1 rings (SSSR count). The summed E-state index contributed by atoms with van der Waals surface area (Å²) in [5.41, 5.74) is 0. The van der Waals surface area contributed by atoms with Gasteiger partial charge in [-0.3, -0.25) is 0 Å². The van der Waals surface area contributed by atoms with Crippen molar-refractivity contribution in [1.82, 2.24) is 10.2 Å². The quantitative estimate of drug-likeness (QED) is 0.740. The topological polar surface area (TPSA) is 15.3 Å². The van der Waals surface area contributed by atoms with Crippen molar-refractivity contribution in [3.63, 3.8) is 0 Å². The molecule has 1 aliphatic rings. The van der Waals surface area contributed by atoms with E-state index >= 15 is 0 Å². The zero-order valence-corrected chi connectivity index (χ0v) is 12.0. The molecule has 0 aromatic heterocycles. The van der Waals surface area contributed by atoms with Crippen LogP contribution in [0, 0.1) is 5.92 Å². The fourth-order valence-corrected chi connectivity index (χ4v) is 3.30. The second-order valence-electron chi connectivity index (χ2n) is 5.26. The Bertz CT molecular complexity index is 167. The highest BCUT2D eigenvalue weighted by Crippen LogP contribution is 2.25. The molecule has 0 bridgehead atoms. The van der Waals surface area contributed by atoms with Crippen molar-refractivity contribution in [3.8, 4) is 0 Å². The second-order valence-corrected chi connectivity index (χ2v) is 6.48. The maximum absolute atomic E-state index is 3.47. The average molecular weight is 244 g/mol. The molecule has 0 aliphatic carbocycles. The van der Waals surface area contributed by atoms with Gasteiger partial charge >= 0.3 is 0 Å². The Morgan fingerprint density at radius 2 is 1.94 bits per heavy atom. The van der Waals surface area contributed by atoms with E-state index in [9.17, 15) is 0 Å². The van der Waals surface area contributed by atoms with Gasteiger partial charge in [0.05, 0.1) is 0 Å². The van der Waals surface area contributed by atoms with E-state index in [1.54, 1.807) is 0 Å². The van der Waals surface area contributed by atoms with E-state index in [4.69, 9.17) is 0 Å². The molecule has 0 amide bonds. The van der Waals surface area contributed by atoms with Crippen molar-refractivity contribution in [2.75, 3.05) is 38.2 Å². The van der Waals surface area contributed by atoms with E-state index in [0.29, 0.717) is 6.04 Å². The van der Waals surface area contributed by atoms with Crippen molar-refractivity contribution >= 4 is 11.8 Å². The van der Waals surface area contributed by atoms with Gasteiger partial charge in [-0.2, -0.15) is 11.8 Å². The molecular weight excluding hydrogens is 216 g/mol. The summed E-state index contributed by atoms with van der Waals surface area (Å²) < 4.78 is 0. The van der Waals surface area contributed by atoms with Gasteiger partial charge in [-0.15, -0.1) is 0 Å². The third kappa shape index (κ3) is 6.77. The highest BCUT2D eigenvalue weighted by atomic mass is 32.2. The van der Waals surface area contributed by atoms with Gasteiger partial charge in [0.2, 0.25) is 0 Å². The third-order valence-corrected chi connectivity index (χ3v) is 4.35. The Kier molecular flexibility index (Phi) is 7.50. The van der Waals surface area contributed by atoms with Gasteiger partial charge in [-0.25, -0.2) is 0 Å². The average Bonchev–Trinajstić information content (AvgIpc) is 2.27. The minimum atomic E-state index is 0.615. The van der Waals surface area contributed by atoms with E-state index in [2.05, 4.69) is 42.9 Å².